The second-order valence-corrected chi connectivity index (χ2v) is 5.76. The molecule has 18 heavy (non-hydrogen) atoms. The molecule has 0 spiro atoms. The predicted molar refractivity (Wildman–Crippen MR) is 78.7 cm³/mol. The summed E-state index contributed by atoms with van der Waals surface area (Å²) in [5.41, 5.74) is 2.19. The zero-order valence-electron chi connectivity index (χ0n) is 10.9. The minimum Gasteiger partial charge on any atom is -0.478 e. The topological polar surface area (TPSA) is 37.3 Å². The van der Waals surface area contributed by atoms with E-state index in [9.17, 15) is 4.79 Å². The van der Waals surface area contributed by atoms with Gasteiger partial charge in [0.05, 0.1) is 0 Å². The zero-order valence-corrected chi connectivity index (χ0v) is 11.7. The summed E-state index contributed by atoms with van der Waals surface area (Å²) in [5.74, 6) is 2.00. The standard InChI is InChI=1S/C15H20O2S/c1-12(2)8-9-18-11-14-5-3-4-13(10-14)6-7-15(16)17/h3-7,10,12H,8-9,11H2,1-2H3,(H,16,17)/b7-6+. The van der Waals surface area contributed by atoms with E-state index < -0.39 is 5.97 Å². The number of carbonyl (C=O) groups is 1. The van der Waals surface area contributed by atoms with Gasteiger partial charge in [0, 0.05) is 11.8 Å². The van der Waals surface area contributed by atoms with Gasteiger partial charge in [0.1, 0.15) is 0 Å². The Bertz CT molecular complexity index is 411. The molecule has 0 aromatic heterocycles. The van der Waals surface area contributed by atoms with Crippen LogP contribution < -0.4 is 0 Å². The maximum Gasteiger partial charge on any atom is 0.328 e. The third kappa shape index (κ3) is 6.50. The van der Waals surface area contributed by atoms with Gasteiger partial charge in [-0.25, -0.2) is 4.79 Å². The van der Waals surface area contributed by atoms with Crippen LogP contribution in [0, 0.1) is 5.92 Å². The van der Waals surface area contributed by atoms with E-state index in [0.29, 0.717) is 0 Å². The minimum atomic E-state index is -0.910. The molecule has 0 heterocycles. The molecule has 1 N–H and O–H groups in total. The quantitative estimate of drug-likeness (QED) is 0.596. The first-order valence-electron chi connectivity index (χ1n) is 6.15. The van der Waals surface area contributed by atoms with Crippen molar-refractivity contribution in [1.82, 2.24) is 0 Å². The molecule has 0 unspecified atom stereocenters. The third-order valence-corrected chi connectivity index (χ3v) is 3.54. The molecule has 0 aliphatic carbocycles. The first kappa shape index (κ1) is 14.8. The van der Waals surface area contributed by atoms with Crippen LogP contribution in [0.5, 0.6) is 0 Å². The molecule has 3 heteroatoms. The van der Waals surface area contributed by atoms with E-state index in [4.69, 9.17) is 5.11 Å². The summed E-state index contributed by atoms with van der Waals surface area (Å²) in [7, 11) is 0. The van der Waals surface area contributed by atoms with Gasteiger partial charge in [-0.1, -0.05) is 38.1 Å². The Morgan fingerprint density at radius 3 is 2.89 bits per heavy atom. The van der Waals surface area contributed by atoms with Crippen LogP contribution in [0.25, 0.3) is 6.08 Å². The molecule has 0 radical (unpaired) electrons. The molecule has 2 nitrogen and oxygen atoms in total. The fraction of sp³-hybridized carbons (Fsp3) is 0.400. The highest BCUT2D eigenvalue weighted by atomic mass is 32.2. The van der Waals surface area contributed by atoms with Crippen molar-refractivity contribution < 1.29 is 9.90 Å². The summed E-state index contributed by atoms with van der Waals surface area (Å²) < 4.78 is 0. The van der Waals surface area contributed by atoms with Crippen molar-refractivity contribution in [1.29, 1.82) is 0 Å². The Labute approximate surface area is 113 Å². The minimum absolute atomic E-state index is 0.752. The summed E-state index contributed by atoms with van der Waals surface area (Å²) in [4.78, 5) is 10.4. The monoisotopic (exact) mass is 264 g/mol. The maximum absolute atomic E-state index is 10.4. The lowest BCUT2D eigenvalue weighted by molar-refractivity contribution is -0.131. The van der Waals surface area contributed by atoms with E-state index in [0.717, 1.165) is 17.2 Å². The molecule has 0 amide bonds. The van der Waals surface area contributed by atoms with Gasteiger partial charge >= 0.3 is 5.97 Å². The van der Waals surface area contributed by atoms with Crippen molar-refractivity contribution >= 4 is 23.8 Å². The Morgan fingerprint density at radius 2 is 2.22 bits per heavy atom. The van der Waals surface area contributed by atoms with E-state index in [1.807, 2.05) is 30.0 Å². The van der Waals surface area contributed by atoms with Crippen molar-refractivity contribution in [3.8, 4) is 0 Å². The number of benzene rings is 1. The van der Waals surface area contributed by atoms with E-state index in [-0.39, 0.29) is 0 Å². The summed E-state index contributed by atoms with van der Waals surface area (Å²) in [6.07, 6.45) is 4.04. The zero-order chi connectivity index (χ0) is 13.4. The average Bonchev–Trinajstić information content (AvgIpc) is 2.32. The fourth-order valence-corrected chi connectivity index (χ4v) is 2.66. The van der Waals surface area contributed by atoms with Gasteiger partial charge in [0.2, 0.25) is 0 Å². The number of carboxylic acids is 1. The number of carboxylic acid groups (broad SMARTS) is 1. The molecule has 0 aliphatic heterocycles. The van der Waals surface area contributed by atoms with Crippen LogP contribution in [0.15, 0.2) is 30.3 Å². The van der Waals surface area contributed by atoms with Crippen LogP contribution in [0.1, 0.15) is 31.4 Å². The van der Waals surface area contributed by atoms with Crippen molar-refractivity contribution in [3.05, 3.63) is 41.5 Å². The number of hydrogen-bond donors (Lipinski definition) is 1. The molecule has 1 aromatic carbocycles. The van der Waals surface area contributed by atoms with Crippen LogP contribution >= 0.6 is 11.8 Å². The fourth-order valence-electron chi connectivity index (χ4n) is 1.46. The Morgan fingerprint density at radius 1 is 1.44 bits per heavy atom. The van der Waals surface area contributed by atoms with Crippen molar-refractivity contribution in [2.24, 2.45) is 5.92 Å². The van der Waals surface area contributed by atoms with Crippen LogP contribution in [0.3, 0.4) is 0 Å². The molecule has 98 valence electrons. The second-order valence-electron chi connectivity index (χ2n) is 4.65. The van der Waals surface area contributed by atoms with Gasteiger partial charge in [0.25, 0.3) is 0 Å². The maximum atomic E-state index is 10.4. The van der Waals surface area contributed by atoms with Gasteiger partial charge in [-0.05, 0) is 35.3 Å². The van der Waals surface area contributed by atoms with E-state index >= 15 is 0 Å². The first-order chi connectivity index (χ1) is 8.58. The summed E-state index contributed by atoms with van der Waals surface area (Å²) in [6.45, 7) is 4.47. The van der Waals surface area contributed by atoms with Crippen LogP contribution in [-0.2, 0) is 10.5 Å². The van der Waals surface area contributed by atoms with Gasteiger partial charge < -0.3 is 5.11 Å². The van der Waals surface area contributed by atoms with Crippen LogP contribution in [-0.4, -0.2) is 16.8 Å². The van der Waals surface area contributed by atoms with E-state index in [1.165, 1.54) is 23.8 Å². The highest BCUT2D eigenvalue weighted by Crippen LogP contribution is 2.17. The molecular formula is C15H20O2S. The van der Waals surface area contributed by atoms with Crippen molar-refractivity contribution in [3.63, 3.8) is 0 Å². The van der Waals surface area contributed by atoms with Crippen LogP contribution in [0.4, 0.5) is 0 Å². The lowest BCUT2D eigenvalue weighted by atomic mass is 10.1. The molecule has 1 rings (SSSR count). The first-order valence-corrected chi connectivity index (χ1v) is 7.31. The third-order valence-electron chi connectivity index (χ3n) is 2.48. The number of rotatable bonds is 7. The largest absolute Gasteiger partial charge is 0.478 e. The molecular weight excluding hydrogens is 244 g/mol. The molecule has 0 saturated heterocycles. The lowest BCUT2D eigenvalue weighted by Gasteiger charge is -2.05. The van der Waals surface area contributed by atoms with Crippen LogP contribution in [0.2, 0.25) is 0 Å². The normalized spacial score (nSPS) is 11.3. The Balaban J connectivity index is 2.47. The Kier molecular flexibility index (Phi) is 6.58. The van der Waals surface area contributed by atoms with E-state index in [1.54, 1.807) is 6.08 Å². The molecule has 0 fully saturated rings. The summed E-state index contributed by atoms with van der Waals surface area (Å²) in [5, 5.41) is 8.58. The summed E-state index contributed by atoms with van der Waals surface area (Å²) in [6, 6.07) is 8.02. The highest BCUT2D eigenvalue weighted by molar-refractivity contribution is 7.98. The number of aliphatic carboxylic acids is 1. The molecule has 0 atom stereocenters. The smallest absolute Gasteiger partial charge is 0.328 e. The second kappa shape index (κ2) is 7.98. The summed E-state index contributed by atoms with van der Waals surface area (Å²) >= 11 is 1.93. The molecule has 0 bridgehead atoms. The lowest BCUT2D eigenvalue weighted by Crippen LogP contribution is -1.91. The highest BCUT2D eigenvalue weighted by Gasteiger charge is 1.97. The van der Waals surface area contributed by atoms with Gasteiger partial charge in [0.15, 0.2) is 0 Å². The van der Waals surface area contributed by atoms with Crippen molar-refractivity contribution in [2.45, 2.75) is 26.0 Å². The predicted octanol–water partition coefficient (Wildman–Crippen LogP) is 4.06. The SMILES string of the molecule is CC(C)CCSCc1cccc(/C=C/C(=O)O)c1. The molecule has 0 aliphatic rings. The average molecular weight is 264 g/mol. The van der Waals surface area contributed by atoms with E-state index in [2.05, 4.69) is 19.9 Å². The molecule has 1 aromatic rings. The van der Waals surface area contributed by atoms with Gasteiger partial charge in [-0.3, -0.25) is 0 Å². The number of hydrogen-bond acceptors (Lipinski definition) is 2. The van der Waals surface area contributed by atoms with Crippen molar-refractivity contribution in [2.75, 3.05) is 5.75 Å². The Hall–Kier alpha value is -1.22. The number of thioether (sulfide) groups is 1. The van der Waals surface area contributed by atoms with Gasteiger partial charge in [-0.2, -0.15) is 11.8 Å². The molecule has 0 saturated carbocycles. The van der Waals surface area contributed by atoms with Gasteiger partial charge in [-0.15, -0.1) is 0 Å².